The number of carboxylic acids is 1. The standard InChI is InChI=1S/C46H88N6O7/c1-25(2)23-31(50-35(53)41(11,12)29(9)48-38(56)45(19,20)33(47)27(5)6)43(15,16)37(55)52-34(28(7)8)46(21,22)39(57)49-30(10)42(13,14)36(54)51-32(24-26(3)4)44(17,18)40(58)59/h25-34H,23-24,47H2,1-22H3,(H,48,56)(H,49,57)(H,50,53)(H,51,54)(H,52,55)(H,58,59)/t29-,30-,31-,32-,33-,34-/m0/s1. The lowest BCUT2D eigenvalue weighted by atomic mass is 9.74. The molecule has 0 fully saturated rings. The van der Waals surface area contributed by atoms with E-state index >= 15 is 0 Å². The summed E-state index contributed by atoms with van der Waals surface area (Å²) in [4.78, 5) is 82.1. The van der Waals surface area contributed by atoms with E-state index in [0.29, 0.717) is 12.8 Å². The Balaban J connectivity index is 6.37. The largest absolute Gasteiger partial charge is 0.481 e. The average Bonchev–Trinajstić information content (AvgIpc) is 3.07. The van der Waals surface area contributed by atoms with Crippen LogP contribution in [-0.2, 0) is 28.8 Å². The van der Waals surface area contributed by atoms with Gasteiger partial charge in [-0.1, -0.05) is 55.4 Å². The predicted octanol–water partition coefficient (Wildman–Crippen LogP) is 6.42. The van der Waals surface area contributed by atoms with E-state index in [4.69, 9.17) is 5.73 Å². The van der Waals surface area contributed by atoms with Gasteiger partial charge >= 0.3 is 5.97 Å². The second kappa shape index (κ2) is 20.6. The molecule has 59 heavy (non-hydrogen) atoms. The van der Waals surface area contributed by atoms with Crippen molar-refractivity contribution in [2.75, 3.05) is 0 Å². The van der Waals surface area contributed by atoms with Gasteiger partial charge in [-0.05, 0) is 133 Å². The molecule has 0 aliphatic rings. The second-order valence-electron chi connectivity index (χ2n) is 22.3. The van der Waals surface area contributed by atoms with Crippen LogP contribution in [0.2, 0.25) is 0 Å². The zero-order valence-electron chi connectivity index (χ0n) is 41.2. The summed E-state index contributed by atoms with van der Waals surface area (Å²) >= 11 is 0. The number of nitrogens with two attached hydrogens (primary N) is 1. The number of nitrogens with one attached hydrogen (secondary N) is 5. The molecule has 0 saturated carbocycles. The Bertz CT molecular complexity index is 1480. The van der Waals surface area contributed by atoms with E-state index in [9.17, 15) is 33.9 Å². The van der Waals surface area contributed by atoms with Crippen molar-refractivity contribution in [3.05, 3.63) is 0 Å². The van der Waals surface area contributed by atoms with Crippen molar-refractivity contribution in [3.8, 4) is 0 Å². The van der Waals surface area contributed by atoms with Crippen LogP contribution in [0.25, 0.3) is 0 Å². The molecular formula is C46H88N6O7. The van der Waals surface area contributed by atoms with Gasteiger partial charge in [0.2, 0.25) is 29.5 Å². The van der Waals surface area contributed by atoms with Crippen molar-refractivity contribution in [3.63, 3.8) is 0 Å². The Morgan fingerprint density at radius 2 is 0.729 bits per heavy atom. The molecule has 0 aliphatic heterocycles. The predicted molar refractivity (Wildman–Crippen MR) is 238 cm³/mol. The van der Waals surface area contributed by atoms with Gasteiger partial charge in [-0.2, -0.15) is 0 Å². The van der Waals surface area contributed by atoms with E-state index < -0.39 is 68.7 Å². The number of carbonyl (C=O) groups excluding carboxylic acids is 5. The SMILES string of the molecule is CC(C)C[C@H](NC(=O)C(C)(C)[C@H](C)NC(=O)C(C)(C)[C@@H](NC(=O)C(C)(C)[C@H](CC(C)C)NC(=O)C(C)(C)[C@H](C)NC(=O)C(C)(C)[C@@H](N)C(C)C)C(C)C)C(C)(C)C(=O)O. The minimum Gasteiger partial charge on any atom is -0.481 e. The molecule has 13 heteroatoms. The van der Waals surface area contributed by atoms with Crippen LogP contribution in [0.3, 0.4) is 0 Å². The minimum atomic E-state index is -1.22. The van der Waals surface area contributed by atoms with Crippen molar-refractivity contribution in [2.24, 2.45) is 61.9 Å². The molecule has 0 radical (unpaired) electrons. The van der Waals surface area contributed by atoms with Crippen LogP contribution in [-0.4, -0.2) is 76.9 Å². The first kappa shape index (κ1) is 55.8. The molecular weight excluding hydrogens is 749 g/mol. The van der Waals surface area contributed by atoms with Gasteiger partial charge in [0.1, 0.15) is 0 Å². The fourth-order valence-corrected chi connectivity index (χ4v) is 7.16. The molecule has 0 bridgehead atoms. The molecule has 0 unspecified atom stereocenters. The topological polar surface area (TPSA) is 209 Å². The summed E-state index contributed by atoms with van der Waals surface area (Å²) < 4.78 is 0. The van der Waals surface area contributed by atoms with E-state index in [0.717, 1.165) is 0 Å². The Hall–Kier alpha value is -3.22. The average molecular weight is 837 g/mol. The van der Waals surface area contributed by atoms with E-state index in [1.54, 1.807) is 96.9 Å². The van der Waals surface area contributed by atoms with Gasteiger partial charge in [0.25, 0.3) is 0 Å². The van der Waals surface area contributed by atoms with Crippen LogP contribution in [0.4, 0.5) is 0 Å². The molecule has 0 aromatic rings. The lowest BCUT2D eigenvalue weighted by Crippen LogP contribution is -2.63. The van der Waals surface area contributed by atoms with E-state index in [2.05, 4.69) is 26.6 Å². The van der Waals surface area contributed by atoms with Crippen molar-refractivity contribution in [2.45, 2.75) is 201 Å². The van der Waals surface area contributed by atoms with Crippen molar-refractivity contribution in [1.29, 1.82) is 0 Å². The molecule has 0 spiro atoms. The van der Waals surface area contributed by atoms with Crippen molar-refractivity contribution in [1.82, 2.24) is 26.6 Å². The van der Waals surface area contributed by atoms with E-state index in [1.807, 2.05) is 55.4 Å². The van der Waals surface area contributed by atoms with E-state index in [1.165, 1.54) is 0 Å². The van der Waals surface area contributed by atoms with Gasteiger partial charge in [-0.25, -0.2) is 0 Å². The van der Waals surface area contributed by atoms with Crippen molar-refractivity contribution >= 4 is 35.5 Å². The molecule has 5 amide bonds. The number of carboxylic acid groups (broad SMARTS) is 1. The second-order valence-corrected chi connectivity index (χ2v) is 22.3. The minimum absolute atomic E-state index is 0.0746. The molecule has 0 aromatic heterocycles. The quantitative estimate of drug-likeness (QED) is 0.0609. The summed E-state index contributed by atoms with van der Waals surface area (Å²) in [5.74, 6) is -2.52. The Kier molecular flexibility index (Phi) is 19.4. The van der Waals surface area contributed by atoms with Crippen LogP contribution in [0.1, 0.15) is 165 Å². The number of hydrogen-bond donors (Lipinski definition) is 7. The maximum Gasteiger partial charge on any atom is 0.311 e. The summed E-state index contributed by atoms with van der Waals surface area (Å²) in [6, 6.07) is -3.50. The van der Waals surface area contributed by atoms with Crippen LogP contribution in [0.5, 0.6) is 0 Å². The highest BCUT2D eigenvalue weighted by Gasteiger charge is 2.48. The first-order valence-electron chi connectivity index (χ1n) is 21.8. The van der Waals surface area contributed by atoms with Crippen LogP contribution >= 0.6 is 0 Å². The highest BCUT2D eigenvalue weighted by Crippen LogP contribution is 2.34. The van der Waals surface area contributed by atoms with Gasteiger partial charge in [0.15, 0.2) is 0 Å². The zero-order chi connectivity index (χ0) is 47.2. The normalized spacial score (nSPS) is 16.5. The van der Waals surface area contributed by atoms with Crippen LogP contribution in [0.15, 0.2) is 0 Å². The smallest absolute Gasteiger partial charge is 0.311 e. The Morgan fingerprint density at radius 1 is 0.424 bits per heavy atom. The number of aliphatic carboxylic acids is 1. The van der Waals surface area contributed by atoms with Gasteiger partial charge in [0, 0.05) is 36.3 Å². The first-order valence-corrected chi connectivity index (χ1v) is 21.8. The highest BCUT2D eigenvalue weighted by molar-refractivity contribution is 5.90. The molecule has 0 heterocycles. The third-order valence-corrected chi connectivity index (χ3v) is 13.4. The van der Waals surface area contributed by atoms with Gasteiger partial charge in [-0.15, -0.1) is 0 Å². The third kappa shape index (κ3) is 13.9. The fraction of sp³-hybridized carbons (Fsp3) is 0.870. The molecule has 0 rings (SSSR count). The molecule has 6 atom stereocenters. The van der Waals surface area contributed by atoms with E-state index in [-0.39, 0.29) is 59.2 Å². The molecule has 13 nitrogen and oxygen atoms in total. The zero-order valence-corrected chi connectivity index (χ0v) is 41.2. The number of hydrogen-bond acceptors (Lipinski definition) is 7. The van der Waals surface area contributed by atoms with Crippen molar-refractivity contribution < 1.29 is 33.9 Å². The maximum atomic E-state index is 14.4. The highest BCUT2D eigenvalue weighted by atomic mass is 16.4. The Labute approximate surface area is 358 Å². The van der Waals surface area contributed by atoms with Gasteiger partial charge in [-0.3, -0.25) is 28.8 Å². The van der Waals surface area contributed by atoms with Gasteiger partial charge in [0.05, 0.1) is 32.5 Å². The summed E-state index contributed by atoms with van der Waals surface area (Å²) in [6.07, 6.45) is 0.955. The summed E-state index contributed by atoms with van der Waals surface area (Å²) in [5, 5.41) is 25.3. The molecule has 0 saturated heterocycles. The lowest BCUT2D eigenvalue weighted by Gasteiger charge is -2.43. The molecule has 344 valence electrons. The summed E-state index contributed by atoms with van der Waals surface area (Å²) in [7, 11) is 0. The summed E-state index contributed by atoms with van der Waals surface area (Å²) in [5.41, 5.74) is -0.152. The van der Waals surface area contributed by atoms with Crippen LogP contribution < -0.4 is 32.3 Å². The fourth-order valence-electron chi connectivity index (χ4n) is 7.16. The van der Waals surface area contributed by atoms with Gasteiger partial charge < -0.3 is 37.4 Å². The Morgan fingerprint density at radius 3 is 1.03 bits per heavy atom. The molecule has 0 aromatic carbocycles. The monoisotopic (exact) mass is 837 g/mol. The molecule has 8 N–H and O–H groups in total. The molecule has 0 aliphatic carbocycles. The lowest BCUT2D eigenvalue weighted by molar-refractivity contribution is -0.150. The third-order valence-electron chi connectivity index (χ3n) is 13.4. The number of rotatable bonds is 23. The number of carbonyl (C=O) groups is 6. The number of amides is 5. The van der Waals surface area contributed by atoms with Crippen LogP contribution in [0, 0.1) is 56.2 Å². The first-order chi connectivity index (χ1) is 26.2. The summed E-state index contributed by atoms with van der Waals surface area (Å²) in [6.45, 7) is 40.2. The maximum absolute atomic E-state index is 14.4.